The number of esters is 1. The van der Waals surface area contributed by atoms with Gasteiger partial charge in [0.2, 0.25) is 0 Å². The molecule has 0 aromatic rings. The van der Waals surface area contributed by atoms with Crippen LogP contribution in [0.2, 0.25) is 0 Å². The van der Waals surface area contributed by atoms with Crippen molar-refractivity contribution in [3.63, 3.8) is 0 Å². The Balaban J connectivity index is 3.85. The zero-order chi connectivity index (χ0) is 11.7. The molecule has 2 N–H and O–H groups in total. The third-order valence-electron chi connectivity index (χ3n) is 1.78. The van der Waals surface area contributed by atoms with Gasteiger partial charge < -0.3 is 14.9 Å². The topological polar surface area (TPSA) is 66.8 Å². The van der Waals surface area contributed by atoms with E-state index in [9.17, 15) is 15.0 Å². The van der Waals surface area contributed by atoms with Gasteiger partial charge in [-0.3, -0.25) is 4.79 Å². The molecule has 15 heavy (non-hydrogen) atoms. The van der Waals surface area contributed by atoms with E-state index in [1.54, 1.807) is 18.2 Å². The second-order valence-electron chi connectivity index (χ2n) is 3.15. The standard InChI is InChI=1S/C11H18O4/c1-3-4-5-6-9(12)7-10(13)8-11(14)15-2/h3-6,9-10,12-13H,7-8H2,1-2H3. The van der Waals surface area contributed by atoms with Crippen LogP contribution in [0.5, 0.6) is 0 Å². The number of carbonyl (C=O) groups excluding carboxylic acids is 1. The highest BCUT2D eigenvalue weighted by Gasteiger charge is 2.13. The quantitative estimate of drug-likeness (QED) is 0.507. The Morgan fingerprint density at radius 3 is 2.60 bits per heavy atom. The van der Waals surface area contributed by atoms with Crippen molar-refractivity contribution in [2.75, 3.05) is 7.11 Å². The highest BCUT2D eigenvalue weighted by atomic mass is 16.5. The second kappa shape index (κ2) is 8.20. The lowest BCUT2D eigenvalue weighted by atomic mass is 10.1. The molecule has 0 aliphatic rings. The molecular weight excluding hydrogens is 196 g/mol. The Kier molecular flexibility index (Phi) is 7.58. The number of methoxy groups -OCH3 is 1. The molecule has 0 aliphatic heterocycles. The van der Waals surface area contributed by atoms with E-state index in [2.05, 4.69) is 4.74 Å². The van der Waals surface area contributed by atoms with Gasteiger partial charge >= 0.3 is 5.97 Å². The molecule has 4 heteroatoms. The summed E-state index contributed by atoms with van der Waals surface area (Å²) in [6, 6.07) is 0. The van der Waals surface area contributed by atoms with Gasteiger partial charge in [0.25, 0.3) is 0 Å². The lowest BCUT2D eigenvalue weighted by Gasteiger charge is -2.11. The van der Waals surface area contributed by atoms with E-state index < -0.39 is 18.2 Å². The number of aliphatic hydroxyl groups is 2. The van der Waals surface area contributed by atoms with Gasteiger partial charge in [-0.05, 0) is 6.92 Å². The first-order valence-electron chi connectivity index (χ1n) is 4.82. The molecule has 0 saturated carbocycles. The zero-order valence-electron chi connectivity index (χ0n) is 9.09. The molecular formula is C11H18O4. The van der Waals surface area contributed by atoms with E-state index in [0.717, 1.165) is 0 Å². The molecule has 0 fully saturated rings. The summed E-state index contributed by atoms with van der Waals surface area (Å²) < 4.78 is 4.39. The average Bonchev–Trinajstić information content (AvgIpc) is 2.17. The van der Waals surface area contributed by atoms with Gasteiger partial charge in [0.15, 0.2) is 0 Å². The van der Waals surface area contributed by atoms with Crippen molar-refractivity contribution < 1.29 is 19.7 Å². The Bertz CT molecular complexity index is 233. The molecule has 0 saturated heterocycles. The van der Waals surface area contributed by atoms with Crippen molar-refractivity contribution in [3.8, 4) is 0 Å². The van der Waals surface area contributed by atoms with Crippen molar-refractivity contribution >= 4 is 5.97 Å². The number of aliphatic hydroxyl groups excluding tert-OH is 2. The van der Waals surface area contributed by atoms with Crippen LogP contribution >= 0.6 is 0 Å². The number of allylic oxidation sites excluding steroid dienone is 3. The molecule has 0 radical (unpaired) electrons. The summed E-state index contributed by atoms with van der Waals surface area (Å²) in [5.74, 6) is -0.480. The van der Waals surface area contributed by atoms with Crippen molar-refractivity contribution in [2.45, 2.75) is 32.0 Å². The predicted molar refractivity (Wildman–Crippen MR) is 57.2 cm³/mol. The normalized spacial score (nSPS) is 15.7. The van der Waals surface area contributed by atoms with Gasteiger partial charge in [0.1, 0.15) is 0 Å². The molecule has 0 aromatic heterocycles. The Morgan fingerprint density at radius 1 is 1.40 bits per heavy atom. The fraction of sp³-hybridized carbons (Fsp3) is 0.545. The number of rotatable bonds is 6. The van der Waals surface area contributed by atoms with Gasteiger partial charge in [-0.15, -0.1) is 0 Å². The minimum Gasteiger partial charge on any atom is -0.469 e. The minimum absolute atomic E-state index is 0.0922. The van der Waals surface area contributed by atoms with Crippen molar-refractivity contribution in [2.24, 2.45) is 0 Å². The maximum Gasteiger partial charge on any atom is 0.308 e. The zero-order valence-corrected chi connectivity index (χ0v) is 9.09. The Morgan fingerprint density at radius 2 is 2.07 bits per heavy atom. The summed E-state index contributed by atoms with van der Waals surface area (Å²) in [6.45, 7) is 1.86. The minimum atomic E-state index is -0.872. The molecule has 0 spiro atoms. The summed E-state index contributed by atoms with van der Waals surface area (Å²) in [7, 11) is 1.26. The molecule has 0 rings (SSSR count). The van der Waals surface area contributed by atoms with Crippen LogP contribution in [0.25, 0.3) is 0 Å². The van der Waals surface area contributed by atoms with Crippen LogP contribution in [0.4, 0.5) is 0 Å². The molecule has 0 aromatic carbocycles. The summed E-state index contributed by atoms with van der Waals surface area (Å²) >= 11 is 0. The number of hydrogen-bond donors (Lipinski definition) is 2. The van der Waals surface area contributed by atoms with Crippen LogP contribution in [0.1, 0.15) is 19.8 Å². The lowest BCUT2D eigenvalue weighted by Crippen LogP contribution is -2.20. The van der Waals surface area contributed by atoms with Gasteiger partial charge in [-0.25, -0.2) is 0 Å². The summed E-state index contributed by atoms with van der Waals surface area (Å²) in [5.41, 5.74) is 0. The molecule has 2 unspecified atom stereocenters. The fourth-order valence-electron chi connectivity index (χ4n) is 1.02. The van der Waals surface area contributed by atoms with Crippen LogP contribution in [0, 0.1) is 0 Å². The summed E-state index contributed by atoms with van der Waals surface area (Å²) in [4.78, 5) is 10.8. The van der Waals surface area contributed by atoms with Crippen molar-refractivity contribution in [1.82, 2.24) is 0 Å². The average molecular weight is 214 g/mol. The first-order chi connectivity index (χ1) is 7.10. The number of hydrogen-bond acceptors (Lipinski definition) is 4. The summed E-state index contributed by atoms with van der Waals surface area (Å²) in [5, 5.41) is 18.8. The van der Waals surface area contributed by atoms with E-state index in [1.807, 2.05) is 13.0 Å². The Hall–Kier alpha value is -1.13. The SMILES string of the molecule is CC=CC=CC(O)CC(O)CC(=O)OC. The molecule has 0 bridgehead atoms. The lowest BCUT2D eigenvalue weighted by molar-refractivity contribution is -0.143. The highest BCUT2D eigenvalue weighted by Crippen LogP contribution is 2.04. The van der Waals surface area contributed by atoms with Gasteiger partial charge in [-0.2, -0.15) is 0 Å². The largest absolute Gasteiger partial charge is 0.469 e. The highest BCUT2D eigenvalue weighted by molar-refractivity contribution is 5.69. The molecule has 0 aliphatic carbocycles. The molecule has 86 valence electrons. The van der Waals surface area contributed by atoms with E-state index >= 15 is 0 Å². The third-order valence-corrected chi connectivity index (χ3v) is 1.78. The molecule has 0 heterocycles. The summed E-state index contributed by atoms with van der Waals surface area (Å²) in [6.07, 6.45) is 5.26. The molecule has 4 nitrogen and oxygen atoms in total. The predicted octanol–water partition coefficient (Wildman–Crippen LogP) is 0.794. The smallest absolute Gasteiger partial charge is 0.308 e. The number of carbonyl (C=O) groups is 1. The first kappa shape index (κ1) is 13.9. The van der Waals surface area contributed by atoms with E-state index in [-0.39, 0.29) is 12.8 Å². The first-order valence-corrected chi connectivity index (χ1v) is 4.82. The molecule has 2 atom stereocenters. The third kappa shape index (κ3) is 7.90. The van der Waals surface area contributed by atoms with Crippen molar-refractivity contribution in [1.29, 1.82) is 0 Å². The van der Waals surface area contributed by atoms with Crippen LogP contribution in [0.3, 0.4) is 0 Å². The number of ether oxygens (including phenoxy) is 1. The maximum absolute atomic E-state index is 10.8. The van der Waals surface area contributed by atoms with Crippen molar-refractivity contribution in [3.05, 3.63) is 24.3 Å². The van der Waals surface area contributed by atoms with Crippen LogP contribution in [0.15, 0.2) is 24.3 Å². The van der Waals surface area contributed by atoms with E-state index in [1.165, 1.54) is 7.11 Å². The van der Waals surface area contributed by atoms with Crippen LogP contribution in [-0.2, 0) is 9.53 Å². The second-order valence-corrected chi connectivity index (χ2v) is 3.15. The van der Waals surface area contributed by atoms with Gasteiger partial charge in [0.05, 0.1) is 25.7 Å². The van der Waals surface area contributed by atoms with Gasteiger partial charge in [-0.1, -0.05) is 24.3 Å². The van der Waals surface area contributed by atoms with Crippen LogP contribution < -0.4 is 0 Å². The maximum atomic E-state index is 10.8. The Labute approximate surface area is 89.9 Å². The van der Waals surface area contributed by atoms with Gasteiger partial charge in [0, 0.05) is 6.42 Å². The van der Waals surface area contributed by atoms with E-state index in [4.69, 9.17) is 0 Å². The van der Waals surface area contributed by atoms with Crippen LogP contribution in [-0.4, -0.2) is 35.5 Å². The molecule has 0 amide bonds. The monoisotopic (exact) mass is 214 g/mol. The van der Waals surface area contributed by atoms with E-state index in [0.29, 0.717) is 0 Å². The fourth-order valence-corrected chi connectivity index (χ4v) is 1.02.